The van der Waals surface area contributed by atoms with Gasteiger partial charge in [0.25, 0.3) is 11.5 Å². The Kier molecular flexibility index (Phi) is 8.48. The number of ether oxygens (including phenoxy) is 1. The van der Waals surface area contributed by atoms with E-state index in [2.05, 4.69) is 15.6 Å². The van der Waals surface area contributed by atoms with E-state index in [1.165, 1.54) is 11.8 Å². The molecule has 2 N–H and O–H groups in total. The van der Waals surface area contributed by atoms with Crippen LogP contribution in [-0.2, 0) is 16.1 Å². The molecule has 2 amide bonds. The minimum Gasteiger partial charge on any atom is -0.383 e. The van der Waals surface area contributed by atoms with Gasteiger partial charge < -0.3 is 15.4 Å². The maximum Gasteiger partial charge on any atom is 0.262 e. The van der Waals surface area contributed by atoms with Crippen molar-refractivity contribution in [2.75, 3.05) is 31.3 Å². The van der Waals surface area contributed by atoms with Gasteiger partial charge in [-0.1, -0.05) is 54.2 Å². The fraction of sp³-hybridized carbons (Fsp3) is 0.185. The standard InChI is InChI=1S/C27H26N4O4S/c1-35-16-15-28-25(33)20-13-11-19(12-14-20)17-31-26(34)22-9-5-6-10-23(22)30-27(31)36-18-24(32)29-21-7-3-2-4-8-21/h2-14H,15-18H2,1H3,(H,28,33)(H,29,32). The molecule has 184 valence electrons. The maximum absolute atomic E-state index is 13.3. The molecule has 9 heteroatoms. The zero-order valence-corrected chi connectivity index (χ0v) is 20.6. The first kappa shape index (κ1) is 25.2. The molecule has 1 heterocycles. The van der Waals surface area contributed by atoms with Crippen molar-refractivity contribution < 1.29 is 14.3 Å². The fourth-order valence-electron chi connectivity index (χ4n) is 3.56. The lowest BCUT2D eigenvalue weighted by Gasteiger charge is -2.14. The Balaban J connectivity index is 1.54. The monoisotopic (exact) mass is 502 g/mol. The maximum atomic E-state index is 13.3. The van der Waals surface area contributed by atoms with Crippen LogP contribution < -0.4 is 16.2 Å². The number of fused-ring (bicyclic) bond motifs is 1. The number of carbonyl (C=O) groups excluding carboxylic acids is 2. The first-order chi connectivity index (χ1) is 17.5. The molecule has 36 heavy (non-hydrogen) atoms. The molecule has 0 saturated heterocycles. The molecule has 0 fully saturated rings. The molecule has 0 radical (unpaired) electrons. The predicted molar refractivity (Wildman–Crippen MR) is 142 cm³/mol. The number of amides is 2. The first-order valence-electron chi connectivity index (χ1n) is 11.4. The van der Waals surface area contributed by atoms with E-state index in [4.69, 9.17) is 4.74 Å². The predicted octanol–water partition coefficient (Wildman–Crippen LogP) is 3.55. The topological polar surface area (TPSA) is 102 Å². The molecule has 0 spiro atoms. The largest absolute Gasteiger partial charge is 0.383 e. The summed E-state index contributed by atoms with van der Waals surface area (Å²) in [6.45, 7) is 1.12. The van der Waals surface area contributed by atoms with E-state index >= 15 is 0 Å². The SMILES string of the molecule is COCCNC(=O)c1ccc(Cn2c(SCC(=O)Nc3ccccc3)nc3ccccc3c2=O)cc1. The highest BCUT2D eigenvalue weighted by Crippen LogP contribution is 2.20. The normalized spacial score (nSPS) is 10.8. The molecule has 8 nitrogen and oxygen atoms in total. The number of hydrogen-bond acceptors (Lipinski definition) is 6. The summed E-state index contributed by atoms with van der Waals surface area (Å²) in [6.07, 6.45) is 0. The lowest BCUT2D eigenvalue weighted by molar-refractivity contribution is -0.113. The van der Waals surface area contributed by atoms with Crippen molar-refractivity contribution >= 4 is 40.2 Å². The molecule has 0 aliphatic heterocycles. The Hall–Kier alpha value is -3.95. The van der Waals surface area contributed by atoms with Crippen molar-refractivity contribution in [2.24, 2.45) is 0 Å². The summed E-state index contributed by atoms with van der Waals surface area (Å²) in [5, 5.41) is 6.58. The minimum absolute atomic E-state index is 0.0975. The van der Waals surface area contributed by atoms with Gasteiger partial charge in [0.2, 0.25) is 5.91 Å². The van der Waals surface area contributed by atoms with Gasteiger partial charge >= 0.3 is 0 Å². The Bertz CT molecular complexity index is 1410. The van der Waals surface area contributed by atoms with Crippen molar-refractivity contribution in [3.63, 3.8) is 0 Å². The number of aromatic nitrogens is 2. The van der Waals surface area contributed by atoms with Crippen LogP contribution >= 0.6 is 11.8 Å². The van der Waals surface area contributed by atoms with Crippen LogP contribution in [-0.4, -0.2) is 47.4 Å². The Labute approximate surface area is 212 Å². The molecule has 0 saturated carbocycles. The lowest BCUT2D eigenvalue weighted by Crippen LogP contribution is -2.27. The van der Waals surface area contributed by atoms with E-state index in [-0.39, 0.29) is 29.7 Å². The molecule has 0 aliphatic rings. The van der Waals surface area contributed by atoms with Crippen molar-refractivity contribution in [2.45, 2.75) is 11.7 Å². The third-order valence-electron chi connectivity index (χ3n) is 5.37. The van der Waals surface area contributed by atoms with E-state index in [0.717, 1.165) is 5.56 Å². The Morgan fingerprint density at radius 2 is 1.69 bits per heavy atom. The number of benzene rings is 3. The Morgan fingerprint density at radius 1 is 0.972 bits per heavy atom. The second-order valence-corrected chi connectivity index (χ2v) is 8.89. The van der Waals surface area contributed by atoms with Gasteiger partial charge in [0.15, 0.2) is 5.16 Å². The molecule has 1 aromatic heterocycles. The number of hydrogen-bond donors (Lipinski definition) is 2. The summed E-state index contributed by atoms with van der Waals surface area (Å²) in [4.78, 5) is 42.8. The van der Waals surface area contributed by atoms with Crippen LogP contribution in [0.25, 0.3) is 10.9 Å². The summed E-state index contributed by atoms with van der Waals surface area (Å²) >= 11 is 1.21. The summed E-state index contributed by atoms with van der Waals surface area (Å²) < 4.78 is 6.52. The number of nitrogens with zero attached hydrogens (tertiary/aromatic N) is 2. The highest BCUT2D eigenvalue weighted by atomic mass is 32.2. The van der Waals surface area contributed by atoms with E-state index in [0.29, 0.717) is 40.5 Å². The molecule has 0 unspecified atom stereocenters. The van der Waals surface area contributed by atoms with Crippen LogP contribution in [0.1, 0.15) is 15.9 Å². The summed E-state index contributed by atoms with van der Waals surface area (Å²) in [6, 6.07) is 23.4. The zero-order chi connectivity index (χ0) is 25.3. The van der Waals surface area contributed by atoms with Gasteiger partial charge in [-0.3, -0.25) is 19.0 Å². The minimum atomic E-state index is -0.191. The fourth-order valence-corrected chi connectivity index (χ4v) is 4.36. The molecule has 4 aromatic rings. The van der Waals surface area contributed by atoms with Crippen LogP contribution in [0.3, 0.4) is 0 Å². The molecule has 0 bridgehead atoms. The number of methoxy groups -OCH3 is 1. The van der Waals surface area contributed by atoms with Gasteiger partial charge in [0.1, 0.15) is 0 Å². The number of para-hydroxylation sites is 2. The number of anilines is 1. The first-order valence-corrected chi connectivity index (χ1v) is 12.4. The van der Waals surface area contributed by atoms with Crippen LogP contribution in [0.5, 0.6) is 0 Å². The summed E-state index contributed by atoms with van der Waals surface area (Å²) in [5.74, 6) is -0.284. The highest BCUT2D eigenvalue weighted by molar-refractivity contribution is 7.99. The van der Waals surface area contributed by atoms with Gasteiger partial charge in [-0.25, -0.2) is 4.98 Å². The van der Waals surface area contributed by atoms with E-state index in [1.807, 2.05) is 48.5 Å². The zero-order valence-electron chi connectivity index (χ0n) is 19.8. The van der Waals surface area contributed by atoms with Crippen molar-refractivity contribution in [3.05, 3.63) is 100 Å². The summed E-state index contributed by atoms with van der Waals surface area (Å²) in [7, 11) is 1.58. The van der Waals surface area contributed by atoms with Gasteiger partial charge in [-0.15, -0.1) is 0 Å². The number of carbonyl (C=O) groups is 2. The van der Waals surface area contributed by atoms with Crippen LogP contribution in [0.4, 0.5) is 5.69 Å². The quantitative estimate of drug-likeness (QED) is 0.195. The van der Waals surface area contributed by atoms with Gasteiger partial charge in [0.05, 0.1) is 29.8 Å². The number of rotatable bonds is 10. The molecular weight excluding hydrogens is 476 g/mol. The molecule has 4 rings (SSSR count). The van der Waals surface area contributed by atoms with E-state index < -0.39 is 0 Å². The third kappa shape index (κ3) is 6.38. The van der Waals surface area contributed by atoms with Gasteiger partial charge in [-0.05, 0) is 42.0 Å². The molecule has 3 aromatic carbocycles. The number of nitrogens with one attached hydrogen (secondary N) is 2. The highest BCUT2D eigenvalue weighted by Gasteiger charge is 2.14. The van der Waals surface area contributed by atoms with Crippen LogP contribution in [0, 0.1) is 0 Å². The van der Waals surface area contributed by atoms with Gasteiger partial charge in [0, 0.05) is 24.9 Å². The third-order valence-corrected chi connectivity index (χ3v) is 6.34. The van der Waals surface area contributed by atoms with Crippen LogP contribution in [0.2, 0.25) is 0 Å². The second kappa shape index (κ2) is 12.1. The molecule has 0 atom stereocenters. The van der Waals surface area contributed by atoms with Crippen molar-refractivity contribution in [1.82, 2.24) is 14.9 Å². The van der Waals surface area contributed by atoms with Crippen molar-refractivity contribution in [1.29, 1.82) is 0 Å². The van der Waals surface area contributed by atoms with Crippen molar-refractivity contribution in [3.8, 4) is 0 Å². The van der Waals surface area contributed by atoms with E-state index in [1.54, 1.807) is 42.0 Å². The Morgan fingerprint density at radius 3 is 2.44 bits per heavy atom. The average Bonchev–Trinajstić information content (AvgIpc) is 2.90. The second-order valence-electron chi connectivity index (χ2n) is 7.95. The molecular formula is C27H26N4O4S. The van der Waals surface area contributed by atoms with Crippen LogP contribution in [0.15, 0.2) is 88.8 Å². The average molecular weight is 503 g/mol. The van der Waals surface area contributed by atoms with Gasteiger partial charge in [-0.2, -0.15) is 0 Å². The lowest BCUT2D eigenvalue weighted by atomic mass is 10.1. The number of thioether (sulfide) groups is 1. The summed E-state index contributed by atoms with van der Waals surface area (Å²) in [5.41, 5.74) is 2.45. The smallest absolute Gasteiger partial charge is 0.262 e. The van der Waals surface area contributed by atoms with E-state index in [9.17, 15) is 14.4 Å². The molecule has 0 aliphatic carbocycles.